The number of nitrogens with zero attached hydrogens (tertiary/aromatic N) is 2. The molecule has 1 heterocycles. The first-order valence-electron chi connectivity index (χ1n) is 6.34. The van der Waals surface area contributed by atoms with Crippen molar-refractivity contribution in [3.63, 3.8) is 0 Å². The van der Waals surface area contributed by atoms with Crippen LogP contribution in [0.3, 0.4) is 0 Å². The summed E-state index contributed by atoms with van der Waals surface area (Å²) in [5.41, 5.74) is 5.73. The van der Waals surface area contributed by atoms with Crippen LogP contribution in [0.2, 0.25) is 0 Å². The molecule has 5 atom stereocenters. The van der Waals surface area contributed by atoms with Gasteiger partial charge in [0.1, 0.15) is 0 Å². The first kappa shape index (κ1) is 9.16. The maximum absolute atomic E-state index is 5.73. The molecule has 16 heavy (non-hydrogen) atoms. The summed E-state index contributed by atoms with van der Waals surface area (Å²) in [5.74, 6) is 5.65. The molecule has 3 aliphatic carbocycles. The largest absolute Gasteiger partial charge is 0.423 e. The first-order valence-corrected chi connectivity index (χ1v) is 6.34. The van der Waals surface area contributed by atoms with Crippen molar-refractivity contribution in [1.82, 2.24) is 10.2 Å². The number of hydrogen-bond acceptors (Lipinski definition) is 4. The van der Waals surface area contributed by atoms with Gasteiger partial charge in [-0.25, -0.2) is 0 Å². The second-order valence-electron chi connectivity index (χ2n) is 5.78. The van der Waals surface area contributed by atoms with E-state index in [4.69, 9.17) is 10.2 Å². The molecule has 2 bridgehead atoms. The molecule has 2 N–H and O–H groups in total. The van der Waals surface area contributed by atoms with Crippen LogP contribution in [0.1, 0.15) is 49.9 Å². The predicted molar refractivity (Wildman–Crippen MR) is 57.5 cm³/mol. The van der Waals surface area contributed by atoms with E-state index in [9.17, 15) is 0 Å². The summed E-state index contributed by atoms with van der Waals surface area (Å²) < 4.78 is 5.68. The van der Waals surface area contributed by atoms with Crippen molar-refractivity contribution in [1.29, 1.82) is 0 Å². The quantitative estimate of drug-likeness (QED) is 0.824. The van der Waals surface area contributed by atoms with Crippen LogP contribution in [-0.2, 0) is 0 Å². The molecule has 3 fully saturated rings. The molecule has 0 aliphatic heterocycles. The van der Waals surface area contributed by atoms with Crippen LogP contribution >= 0.6 is 0 Å². The molecular formula is C12H17N3O. The second-order valence-corrected chi connectivity index (χ2v) is 5.78. The van der Waals surface area contributed by atoms with E-state index in [0.29, 0.717) is 11.8 Å². The fourth-order valence-electron chi connectivity index (χ4n) is 4.22. The topological polar surface area (TPSA) is 64.9 Å². The normalized spacial score (nSPS) is 45.8. The van der Waals surface area contributed by atoms with Crippen molar-refractivity contribution in [3.05, 3.63) is 11.8 Å². The highest BCUT2D eigenvalue weighted by molar-refractivity contribution is 5.22. The number of nitrogens with two attached hydrogens (primary N) is 1. The third-order valence-electron chi connectivity index (χ3n) is 4.87. The Kier molecular flexibility index (Phi) is 1.64. The summed E-state index contributed by atoms with van der Waals surface area (Å²) >= 11 is 0. The Morgan fingerprint density at radius 3 is 2.50 bits per heavy atom. The molecule has 1 aromatic heterocycles. The zero-order valence-electron chi connectivity index (χ0n) is 9.47. The fraction of sp³-hybridized carbons (Fsp3) is 0.833. The van der Waals surface area contributed by atoms with Gasteiger partial charge in [0.05, 0.1) is 6.04 Å². The highest BCUT2D eigenvalue weighted by Crippen LogP contribution is 2.72. The van der Waals surface area contributed by atoms with Crippen LogP contribution in [0.25, 0.3) is 0 Å². The van der Waals surface area contributed by atoms with Gasteiger partial charge in [-0.2, -0.15) is 0 Å². The second kappa shape index (κ2) is 2.86. The van der Waals surface area contributed by atoms with E-state index < -0.39 is 0 Å². The van der Waals surface area contributed by atoms with Gasteiger partial charge in [-0.1, -0.05) is 0 Å². The van der Waals surface area contributed by atoms with Crippen LogP contribution < -0.4 is 5.73 Å². The molecule has 86 valence electrons. The zero-order chi connectivity index (χ0) is 10.9. The molecule has 1 aromatic rings. The van der Waals surface area contributed by atoms with Gasteiger partial charge in [-0.05, 0) is 49.9 Å². The number of rotatable bonds is 2. The molecule has 0 aromatic carbocycles. The van der Waals surface area contributed by atoms with Crippen molar-refractivity contribution in [2.75, 3.05) is 0 Å². The molecule has 4 rings (SSSR count). The molecule has 0 saturated heterocycles. The summed E-state index contributed by atoms with van der Waals surface area (Å²) in [6, 6.07) is -0.142. The zero-order valence-corrected chi connectivity index (χ0v) is 9.47. The average molecular weight is 219 g/mol. The summed E-state index contributed by atoms with van der Waals surface area (Å²) in [4.78, 5) is 0. The molecular weight excluding hydrogens is 202 g/mol. The van der Waals surface area contributed by atoms with Gasteiger partial charge < -0.3 is 10.2 Å². The summed E-state index contributed by atoms with van der Waals surface area (Å²) in [6.45, 7) is 1.88. The minimum atomic E-state index is -0.142. The van der Waals surface area contributed by atoms with E-state index in [-0.39, 0.29) is 6.04 Å². The smallest absolute Gasteiger partial charge is 0.232 e. The van der Waals surface area contributed by atoms with E-state index in [2.05, 4.69) is 10.2 Å². The third kappa shape index (κ3) is 1.03. The van der Waals surface area contributed by atoms with E-state index in [1.165, 1.54) is 19.3 Å². The van der Waals surface area contributed by atoms with Crippen molar-refractivity contribution >= 4 is 0 Å². The lowest BCUT2D eigenvalue weighted by Crippen LogP contribution is -2.04. The summed E-state index contributed by atoms with van der Waals surface area (Å²) in [5, 5.41) is 8.21. The van der Waals surface area contributed by atoms with E-state index in [0.717, 1.165) is 29.6 Å². The highest BCUT2D eigenvalue weighted by atomic mass is 16.4. The minimum absolute atomic E-state index is 0.142. The molecule has 0 spiro atoms. The third-order valence-corrected chi connectivity index (χ3v) is 4.87. The summed E-state index contributed by atoms with van der Waals surface area (Å²) in [7, 11) is 0. The molecule has 0 amide bonds. The molecule has 5 unspecified atom stereocenters. The molecule has 3 aliphatic rings. The highest BCUT2D eigenvalue weighted by Gasteiger charge is 2.67. The van der Waals surface area contributed by atoms with E-state index in [1.54, 1.807) is 0 Å². The Labute approximate surface area is 94.6 Å². The van der Waals surface area contributed by atoms with Gasteiger partial charge in [0.2, 0.25) is 11.8 Å². The number of hydrogen-bond donors (Lipinski definition) is 1. The van der Waals surface area contributed by atoms with Gasteiger partial charge in [0.15, 0.2) is 0 Å². The maximum atomic E-state index is 5.73. The Bertz CT molecular complexity index is 412. The van der Waals surface area contributed by atoms with Crippen LogP contribution in [-0.4, -0.2) is 10.2 Å². The first-order chi connectivity index (χ1) is 7.75. The number of aromatic nitrogens is 2. The van der Waals surface area contributed by atoms with E-state index >= 15 is 0 Å². The van der Waals surface area contributed by atoms with Crippen LogP contribution in [0.4, 0.5) is 0 Å². The van der Waals surface area contributed by atoms with Gasteiger partial charge in [-0.15, -0.1) is 10.2 Å². The fourth-order valence-corrected chi connectivity index (χ4v) is 4.22. The lowest BCUT2D eigenvalue weighted by atomic mass is 10.0. The van der Waals surface area contributed by atoms with Gasteiger partial charge >= 0.3 is 0 Å². The average Bonchev–Trinajstić information content (AvgIpc) is 2.74. The lowest BCUT2D eigenvalue weighted by Gasteiger charge is -2.04. The summed E-state index contributed by atoms with van der Waals surface area (Å²) in [6.07, 6.45) is 4.31. The Hall–Kier alpha value is -0.900. The van der Waals surface area contributed by atoms with E-state index in [1.807, 2.05) is 6.92 Å². The molecule has 4 nitrogen and oxygen atoms in total. The number of fused-ring (bicyclic) bond motifs is 5. The van der Waals surface area contributed by atoms with Gasteiger partial charge in [0.25, 0.3) is 0 Å². The Morgan fingerprint density at radius 2 is 1.94 bits per heavy atom. The van der Waals surface area contributed by atoms with Crippen molar-refractivity contribution < 1.29 is 4.42 Å². The Balaban J connectivity index is 1.59. The lowest BCUT2D eigenvalue weighted by molar-refractivity contribution is 0.396. The standard InChI is InChI=1S/C12H17N3O/c1-5(13)11-14-15-12(16-11)10-8-6-2-3-7(4-6)9(8)10/h5-10H,2-4,13H2,1H3. The van der Waals surface area contributed by atoms with Crippen molar-refractivity contribution in [3.8, 4) is 0 Å². The Morgan fingerprint density at radius 1 is 1.25 bits per heavy atom. The van der Waals surface area contributed by atoms with Crippen LogP contribution in [0.5, 0.6) is 0 Å². The molecule has 4 heteroatoms. The monoisotopic (exact) mass is 219 g/mol. The molecule has 0 radical (unpaired) electrons. The van der Waals surface area contributed by atoms with Gasteiger partial charge in [-0.3, -0.25) is 0 Å². The van der Waals surface area contributed by atoms with Crippen molar-refractivity contribution in [2.24, 2.45) is 29.4 Å². The van der Waals surface area contributed by atoms with Crippen LogP contribution in [0.15, 0.2) is 4.42 Å². The van der Waals surface area contributed by atoms with Crippen LogP contribution in [0, 0.1) is 23.7 Å². The predicted octanol–water partition coefficient (Wildman–Crippen LogP) is 1.85. The molecule has 3 saturated carbocycles. The maximum Gasteiger partial charge on any atom is 0.232 e. The van der Waals surface area contributed by atoms with Crippen molar-refractivity contribution in [2.45, 2.75) is 38.1 Å². The SMILES string of the molecule is CC(N)c1nnc(C2C3C4CCC(C4)C23)o1. The van der Waals surface area contributed by atoms with Gasteiger partial charge in [0, 0.05) is 5.92 Å². The minimum Gasteiger partial charge on any atom is -0.423 e.